The number of aromatic hydroxyl groups is 1. The van der Waals surface area contributed by atoms with Gasteiger partial charge >= 0.3 is 0 Å². The lowest BCUT2D eigenvalue weighted by Crippen LogP contribution is -1.86. The smallest absolute Gasteiger partial charge is 0.191 e. The molecular weight excluding hydrogens is 162 g/mol. The quantitative estimate of drug-likeness (QED) is 0.672. The highest BCUT2D eigenvalue weighted by Gasteiger charge is 2.05. The molecule has 0 spiro atoms. The molecule has 0 saturated carbocycles. The predicted octanol–water partition coefficient (Wildman–Crippen LogP) is 3.15. The highest BCUT2D eigenvalue weighted by molar-refractivity contribution is 5.33. The van der Waals surface area contributed by atoms with Gasteiger partial charge in [-0.15, -0.1) is 0 Å². The summed E-state index contributed by atoms with van der Waals surface area (Å²) in [5.41, 5.74) is 2.27. The summed E-state index contributed by atoms with van der Waals surface area (Å²) in [6.07, 6.45) is 7.87. The molecule has 1 heterocycles. The number of nitrogens with one attached hydrogen (secondary N) is 1. The average Bonchev–Trinajstić information content (AvgIpc) is 2.42. The topological polar surface area (TPSA) is 36.0 Å². The summed E-state index contributed by atoms with van der Waals surface area (Å²) in [5.74, 6) is 0.356. The number of hydrogen-bond donors (Lipinski definition) is 2. The van der Waals surface area contributed by atoms with E-state index in [9.17, 15) is 5.11 Å². The van der Waals surface area contributed by atoms with Crippen LogP contribution >= 0.6 is 0 Å². The summed E-state index contributed by atoms with van der Waals surface area (Å²) in [6, 6.07) is 0. The van der Waals surface area contributed by atoms with Gasteiger partial charge in [0.05, 0.1) is 0 Å². The van der Waals surface area contributed by atoms with Crippen molar-refractivity contribution in [3.63, 3.8) is 0 Å². The van der Waals surface area contributed by atoms with Gasteiger partial charge in [-0.25, -0.2) is 0 Å². The maximum Gasteiger partial charge on any atom is 0.191 e. The third kappa shape index (κ3) is 2.79. The van der Waals surface area contributed by atoms with Crippen LogP contribution in [0, 0.1) is 6.92 Å². The van der Waals surface area contributed by atoms with Crippen LogP contribution in [0.2, 0.25) is 0 Å². The van der Waals surface area contributed by atoms with Gasteiger partial charge in [0.1, 0.15) is 0 Å². The zero-order chi connectivity index (χ0) is 9.68. The number of aromatic amines is 1. The van der Waals surface area contributed by atoms with Crippen LogP contribution in [0.15, 0.2) is 6.20 Å². The molecule has 0 aliphatic rings. The first-order valence-electron chi connectivity index (χ1n) is 5.11. The molecule has 74 valence electrons. The van der Waals surface area contributed by atoms with Crippen molar-refractivity contribution in [2.45, 2.75) is 46.0 Å². The minimum absolute atomic E-state index is 0.356. The Bertz CT molecular complexity index is 233. The molecule has 0 saturated heterocycles. The molecule has 2 heteroatoms. The molecule has 0 amide bonds. The molecule has 1 rings (SSSR count). The first-order chi connectivity index (χ1) is 6.25. The lowest BCUT2D eigenvalue weighted by molar-refractivity contribution is 0.448. The zero-order valence-electron chi connectivity index (χ0n) is 8.56. The van der Waals surface area contributed by atoms with Crippen LogP contribution < -0.4 is 0 Å². The molecular formula is C11H19NO. The van der Waals surface area contributed by atoms with Gasteiger partial charge in [0.25, 0.3) is 0 Å². The molecule has 2 nitrogen and oxygen atoms in total. The monoisotopic (exact) mass is 181 g/mol. The highest BCUT2D eigenvalue weighted by Crippen LogP contribution is 2.21. The number of H-pyrrole nitrogens is 1. The Labute approximate surface area is 80.0 Å². The van der Waals surface area contributed by atoms with E-state index in [2.05, 4.69) is 11.9 Å². The van der Waals surface area contributed by atoms with Crippen LogP contribution in [0.3, 0.4) is 0 Å². The van der Waals surface area contributed by atoms with Crippen LogP contribution in [0.5, 0.6) is 5.88 Å². The Morgan fingerprint density at radius 1 is 1.31 bits per heavy atom. The van der Waals surface area contributed by atoms with E-state index in [4.69, 9.17) is 0 Å². The maximum atomic E-state index is 9.43. The Morgan fingerprint density at radius 3 is 2.62 bits per heavy atom. The molecule has 2 N–H and O–H groups in total. The number of hydrogen-bond acceptors (Lipinski definition) is 1. The van der Waals surface area contributed by atoms with Crippen LogP contribution in [0.25, 0.3) is 0 Å². The minimum Gasteiger partial charge on any atom is -0.494 e. The number of rotatable bonds is 5. The minimum atomic E-state index is 0.356. The molecule has 0 aliphatic heterocycles. The Kier molecular flexibility index (Phi) is 3.87. The summed E-state index contributed by atoms with van der Waals surface area (Å²) in [4.78, 5) is 2.83. The third-order valence-corrected chi connectivity index (χ3v) is 2.47. The van der Waals surface area contributed by atoms with Gasteiger partial charge in [-0.3, -0.25) is 0 Å². The number of unbranched alkanes of at least 4 members (excludes halogenated alkanes) is 3. The van der Waals surface area contributed by atoms with E-state index < -0.39 is 0 Å². The first kappa shape index (κ1) is 10.2. The lowest BCUT2D eigenvalue weighted by atomic mass is 10.1. The predicted molar refractivity (Wildman–Crippen MR) is 55.0 cm³/mol. The average molecular weight is 181 g/mol. The second-order valence-electron chi connectivity index (χ2n) is 3.61. The van der Waals surface area contributed by atoms with Crippen molar-refractivity contribution >= 4 is 0 Å². The van der Waals surface area contributed by atoms with Gasteiger partial charge < -0.3 is 10.1 Å². The fraction of sp³-hybridized carbons (Fsp3) is 0.636. The van der Waals surface area contributed by atoms with E-state index in [-0.39, 0.29) is 0 Å². The van der Waals surface area contributed by atoms with E-state index in [1.165, 1.54) is 31.2 Å². The lowest BCUT2D eigenvalue weighted by Gasteiger charge is -2.00. The van der Waals surface area contributed by atoms with E-state index in [1.807, 2.05) is 13.1 Å². The molecule has 0 bridgehead atoms. The van der Waals surface area contributed by atoms with Crippen LogP contribution in [-0.4, -0.2) is 10.1 Å². The molecule has 0 aromatic carbocycles. The van der Waals surface area contributed by atoms with Gasteiger partial charge in [-0.2, -0.15) is 0 Å². The van der Waals surface area contributed by atoms with Crippen molar-refractivity contribution in [2.75, 3.05) is 0 Å². The van der Waals surface area contributed by atoms with Gasteiger partial charge in [0.2, 0.25) is 0 Å². The van der Waals surface area contributed by atoms with Gasteiger partial charge in [0, 0.05) is 11.8 Å². The summed E-state index contributed by atoms with van der Waals surface area (Å²) >= 11 is 0. The van der Waals surface area contributed by atoms with E-state index in [0.717, 1.165) is 12.0 Å². The van der Waals surface area contributed by atoms with Crippen molar-refractivity contribution in [1.82, 2.24) is 4.98 Å². The standard InChI is InChI=1S/C11H19NO/c1-3-4-5-6-7-10-9(2)8-12-11(10)13/h8,12-13H,3-7H2,1-2H3. The van der Waals surface area contributed by atoms with E-state index in [0.29, 0.717) is 5.88 Å². The molecule has 0 radical (unpaired) electrons. The van der Waals surface area contributed by atoms with Crippen molar-refractivity contribution < 1.29 is 5.11 Å². The van der Waals surface area contributed by atoms with Crippen molar-refractivity contribution in [1.29, 1.82) is 0 Å². The summed E-state index contributed by atoms with van der Waals surface area (Å²) in [5, 5.41) is 9.43. The van der Waals surface area contributed by atoms with Crippen molar-refractivity contribution in [2.24, 2.45) is 0 Å². The molecule has 0 unspecified atom stereocenters. The Hall–Kier alpha value is -0.920. The Balaban J connectivity index is 2.36. The normalized spacial score (nSPS) is 10.6. The van der Waals surface area contributed by atoms with Crippen LogP contribution in [0.4, 0.5) is 0 Å². The SMILES string of the molecule is CCCCCCc1c(C)c[nH]c1O. The molecule has 0 atom stereocenters. The summed E-state index contributed by atoms with van der Waals surface area (Å²) in [6.45, 7) is 4.24. The fourth-order valence-corrected chi connectivity index (χ4v) is 1.58. The largest absolute Gasteiger partial charge is 0.494 e. The third-order valence-electron chi connectivity index (χ3n) is 2.47. The highest BCUT2D eigenvalue weighted by atomic mass is 16.3. The van der Waals surface area contributed by atoms with Crippen molar-refractivity contribution in [3.8, 4) is 5.88 Å². The van der Waals surface area contributed by atoms with Crippen LogP contribution in [0.1, 0.15) is 43.7 Å². The first-order valence-corrected chi connectivity index (χ1v) is 5.11. The number of aryl methyl sites for hydroxylation is 1. The van der Waals surface area contributed by atoms with Gasteiger partial charge in [-0.1, -0.05) is 26.2 Å². The van der Waals surface area contributed by atoms with E-state index in [1.54, 1.807) is 0 Å². The van der Waals surface area contributed by atoms with Gasteiger partial charge in [0.15, 0.2) is 5.88 Å². The second kappa shape index (κ2) is 4.95. The summed E-state index contributed by atoms with van der Waals surface area (Å²) < 4.78 is 0. The molecule has 1 aromatic rings. The summed E-state index contributed by atoms with van der Waals surface area (Å²) in [7, 11) is 0. The molecule has 1 aromatic heterocycles. The van der Waals surface area contributed by atoms with E-state index >= 15 is 0 Å². The van der Waals surface area contributed by atoms with Crippen molar-refractivity contribution in [3.05, 3.63) is 17.3 Å². The second-order valence-corrected chi connectivity index (χ2v) is 3.61. The molecule has 13 heavy (non-hydrogen) atoms. The van der Waals surface area contributed by atoms with Crippen LogP contribution in [-0.2, 0) is 6.42 Å². The van der Waals surface area contributed by atoms with Gasteiger partial charge in [-0.05, 0) is 25.3 Å². The zero-order valence-corrected chi connectivity index (χ0v) is 8.56. The number of aromatic nitrogens is 1. The molecule has 0 fully saturated rings. The molecule has 0 aliphatic carbocycles. The maximum absolute atomic E-state index is 9.43. The Morgan fingerprint density at radius 2 is 2.08 bits per heavy atom. The fourth-order valence-electron chi connectivity index (χ4n) is 1.58.